The minimum Gasteiger partial charge on any atom is -0.274 e. The highest BCUT2D eigenvalue weighted by atomic mass is 35.5. The minimum atomic E-state index is -3.86. The second kappa shape index (κ2) is 7.61. The number of halogens is 1. The number of para-hydroxylation sites is 2. The van der Waals surface area contributed by atoms with Gasteiger partial charge in [0, 0.05) is 18.0 Å². The zero-order valence-electron chi connectivity index (χ0n) is 16.1. The molecule has 0 unspecified atom stereocenters. The third-order valence-electron chi connectivity index (χ3n) is 4.66. The van der Waals surface area contributed by atoms with E-state index in [1.165, 1.54) is 16.4 Å². The lowest BCUT2D eigenvalue weighted by Crippen LogP contribution is -2.33. The summed E-state index contributed by atoms with van der Waals surface area (Å²) in [6, 6.07) is 13.7. The van der Waals surface area contributed by atoms with Gasteiger partial charge in [0.15, 0.2) is 5.82 Å². The number of aromatic nitrogens is 4. The van der Waals surface area contributed by atoms with Crippen molar-refractivity contribution in [3.05, 3.63) is 59.4 Å². The molecule has 4 aromatic rings. The van der Waals surface area contributed by atoms with E-state index in [0.717, 1.165) is 11.3 Å². The quantitative estimate of drug-likeness (QED) is 0.461. The summed E-state index contributed by atoms with van der Waals surface area (Å²) in [7, 11) is -3.86. The van der Waals surface area contributed by atoms with Gasteiger partial charge in [0.25, 0.3) is 10.0 Å². The molecule has 0 spiro atoms. The van der Waals surface area contributed by atoms with Gasteiger partial charge in [0.05, 0.1) is 15.9 Å². The lowest BCUT2D eigenvalue weighted by Gasteiger charge is -2.23. The van der Waals surface area contributed by atoms with Crippen molar-refractivity contribution >= 4 is 44.1 Å². The van der Waals surface area contributed by atoms with Gasteiger partial charge in [-0.15, -0.1) is 10.2 Å². The average Bonchev–Trinajstić information content (AvgIpc) is 3.16. The number of hydrogen-bond acceptors (Lipinski definition) is 5. The van der Waals surface area contributed by atoms with E-state index in [1.54, 1.807) is 12.1 Å². The van der Waals surface area contributed by atoms with E-state index in [4.69, 9.17) is 11.6 Å². The first-order valence-corrected chi connectivity index (χ1v) is 11.2. The topological polar surface area (TPSA) is 80.5 Å². The summed E-state index contributed by atoms with van der Waals surface area (Å²) in [4.78, 5) is 4.83. The molecule has 0 aliphatic heterocycles. The first-order chi connectivity index (χ1) is 14.0. The van der Waals surface area contributed by atoms with Crippen molar-refractivity contribution in [2.45, 2.75) is 31.6 Å². The Morgan fingerprint density at radius 2 is 1.76 bits per heavy atom. The molecule has 29 heavy (non-hydrogen) atoms. The molecule has 4 rings (SSSR count). The summed E-state index contributed by atoms with van der Waals surface area (Å²) in [6.45, 7) is 4.17. The molecule has 2 aromatic carbocycles. The summed E-state index contributed by atoms with van der Waals surface area (Å²) < 4.78 is 30.1. The van der Waals surface area contributed by atoms with Crippen molar-refractivity contribution in [2.75, 3.05) is 10.8 Å². The monoisotopic (exact) mass is 429 g/mol. The van der Waals surface area contributed by atoms with Crippen molar-refractivity contribution in [1.29, 1.82) is 0 Å². The van der Waals surface area contributed by atoms with Gasteiger partial charge in [-0.3, -0.25) is 4.40 Å². The average molecular weight is 430 g/mol. The van der Waals surface area contributed by atoms with Crippen LogP contribution in [0.3, 0.4) is 0 Å². The Hall–Kier alpha value is -2.71. The number of sulfonamides is 1. The summed E-state index contributed by atoms with van der Waals surface area (Å²) in [5, 5.41) is 9.03. The van der Waals surface area contributed by atoms with Crippen molar-refractivity contribution in [3.63, 3.8) is 0 Å². The van der Waals surface area contributed by atoms with Crippen LogP contribution in [0.15, 0.2) is 53.4 Å². The van der Waals surface area contributed by atoms with Gasteiger partial charge in [-0.1, -0.05) is 37.6 Å². The van der Waals surface area contributed by atoms with Crippen LogP contribution < -0.4 is 4.31 Å². The molecule has 0 radical (unpaired) electrons. The molecule has 0 aliphatic rings. The molecule has 0 aliphatic carbocycles. The standard InChI is InChI=1S/C20H20ClN5O2S/c1-3-13-25(29(27,28)15-11-9-14(21)10-12-15)19-20-24-23-18(4-2)26(20)17-8-6-5-7-16(17)22-19/h5-12H,3-4,13H2,1-2H3. The van der Waals surface area contributed by atoms with E-state index in [1.807, 2.05) is 42.5 Å². The number of rotatable bonds is 6. The van der Waals surface area contributed by atoms with Gasteiger partial charge >= 0.3 is 0 Å². The molecule has 2 aromatic heterocycles. The number of hydrogen-bond donors (Lipinski definition) is 0. The molecular formula is C20H20ClN5O2S. The van der Waals surface area contributed by atoms with Gasteiger partial charge < -0.3 is 0 Å². The fraction of sp³-hybridized carbons (Fsp3) is 0.250. The van der Waals surface area contributed by atoms with Crippen LogP contribution in [0.2, 0.25) is 5.02 Å². The van der Waals surface area contributed by atoms with Crippen LogP contribution in [0.25, 0.3) is 16.7 Å². The molecule has 0 bridgehead atoms. The van der Waals surface area contributed by atoms with Gasteiger partial charge in [-0.25, -0.2) is 17.7 Å². The maximum atomic E-state index is 13.5. The second-order valence-electron chi connectivity index (χ2n) is 6.58. The van der Waals surface area contributed by atoms with Crippen molar-refractivity contribution in [3.8, 4) is 0 Å². The van der Waals surface area contributed by atoms with Crippen molar-refractivity contribution < 1.29 is 8.42 Å². The molecule has 9 heteroatoms. The Bertz CT molecular complexity index is 1290. The summed E-state index contributed by atoms with van der Waals surface area (Å²) >= 11 is 5.94. The van der Waals surface area contributed by atoms with E-state index in [2.05, 4.69) is 15.2 Å². The van der Waals surface area contributed by atoms with Crippen LogP contribution in [-0.4, -0.2) is 34.5 Å². The first-order valence-electron chi connectivity index (χ1n) is 9.38. The highest BCUT2D eigenvalue weighted by Gasteiger charge is 2.29. The van der Waals surface area contributed by atoms with Gasteiger partial charge in [0.2, 0.25) is 5.65 Å². The number of fused-ring (bicyclic) bond motifs is 3. The van der Waals surface area contributed by atoms with E-state index in [9.17, 15) is 8.42 Å². The van der Waals surface area contributed by atoms with Gasteiger partial charge in [0.1, 0.15) is 5.82 Å². The lowest BCUT2D eigenvalue weighted by molar-refractivity contribution is 0.589. The molecule has 7 nitrogen and oxygen atoms in total. The summed E-state index contributed by atoms with van der Waals surface area (Å²) in [5.41, 5.74) is 1.94. The predicted molar refractivity (Wildman–Crippen MR) is 114 cm³/mol. The molecule has 0 amide bonds. The van der Waals surface area contributed by atoms with Crippen LogP contribution in [-0.2, 0) is 16.4 Å². The van der Waals surface area contributed by atoms with E-state index in [0.29, 0.717) is 29.0 Å². The van der Waals surface area contributed by atoms with Gasteiger partial charge in [-0.2, -0.15) is 0 Å². The number of benzene rings is 2. The second-order valence-corrected chi connectivity index (χ2v) is 8.88. The summed E-state index contributed by atoms with van der Waals surface area (Å²) in [5.74, 6) is 1.02. The number of aryl methyl sites for hydroxylation is 1. The molecule has 150 valence electrons. The van der Waals surface area contributed by atoms with Crippen LogP contribution in [0, 0.1) is 0 Å². The molecule has 0 atom stereocenters. The van der Waals surface area contributed by atoms with Crippen LogP contribution in [0.4, 0.5) is 5.82 Å². The Morgan fingerprint density at radius 3 is 2.45 bits per heavy atom. The van der Waals surface area contributed by atoms with E-state index < -0.39 is 10.0 Å². The largest absolute Gasteiger partial charge is 0.274 e. The smallest absolute Gasteiger partial charge is 0.265 e. The zero-order chi connectivity index (χ0) is 20.6. The minimum absolute atomic E-state index is 0.152. The number of anilines is 1. The van der Waals surface area contributed by atoms with E-state index >= 15 is 0 Å². The van der Waals surface area contributed by atoms with Gasteiger partial charge in [-0.05, 0) is 42.8 Å². The Labute approximate surface area is 174 Å². The maximum absolute atomic E-state index is 13.5. The number of nitrogens with zero attached hydrogens (tertiary/aromatic N) is 5. The molecule has 0 fully saturated rings. The third kappa shape index (κ3) is 3.32. The highest BCUT2D eigenvalue weighted by Crippen LogP contribution is 2.29. The highest BCUT2D eigenvalue weighted by molar-refractivity contribution is 7.92. The fourth-order valence-electron chi connectivity index (χ4n) is 3.30. The molecule has 0 saturated heterocycles. The Kier molecular flexibility index (Phi) is 5.14. The Morgan fingerprint density at radius 1 is 1.03 bits per heavy atom. The third-order valence-corrected chi connectivity index (χ3v) is 6.72. The fourth-order valence-corrected chi connectivity index (χ4v) is 4.93. The first kappa shape index (κ1) is 19.6. The normalized spacial score (nSPS) is 12.0. The molecule has 0 N–H and O–H groups in total. The van der Waals surface area contributed by atoms with Crippen LogP contribution >= 0.6 is 11.6 Å². The predicted octanol–water partition coefficient (Wildman–Crippen LogP) is 4.10. The Balaban J connectivity index is 2.01. The maximum Gasteiger partial charge on any atom is 0.265 e. The lowest BCUT2D eigenvalue weighted by atomic mass is 10.3. The van der Waals surface area contributed by atoms with Crippen LogP contribution in [0.5, 0.6) is 0 Å². The van der Waals surface area contributed by atoms with Crippen molar-refractivity contribution in [2.24, 2.45) is 0 Å². The van der Waals surface area contributed by atoms with Crippen molar-refractivity contribution in [1.82, 2.24) is 19.6 Å². The van der Waals surface area contributed by atoms with E-state index in [-0.39, 0.29) is 17.3 Å². The molecule has 2 heterocycles. The SMILES string of the molecule is CCCN(c1nc2ccccc2n2c(CC)nnc12)S(=O)(=O)c1ccc(Cl)cc1. The molecular weight excluding hydrogens is 410 g/mol. The molecule has 0 saturated carbocycles. The summed E-state index contributed by atoms with van der Waals surface area (Å²) in [6.07, 6.45) is 1.27. The zero-order valence-corrected chi connectivity index (χ0v) is 17.7. The van der Waals surface area contributed by atoms with Crippen LogP contribution in [0.1, 0.15) is 26.1 Å².